The molecule has 0 saturated heterocycles. The van der Waals surface area contributed by atoms with Gasteiger partial charge in [-0.2, -0.15) is 5.26 Å². The van der Waals surface area contributed by atoms with E-state index in [1.807, 2.05) is 0 Å². The Kier molecular flexibility index (Phi) is 4.13. The van der Waals surface area contributed by atoms with Crippen LogP contribution in [0.15, 0.2) is 47.4 Å². The van der Waals surface area contributed by atoms with Gasteiger partial charge in [-0.3, -0.25) is 0 Å². The summed E-state index contributed by atoms with van der Waals surface area (Å²) >= 11 is 5.81. The van der Waals surface area contributed by atoms with Gasteiger partial charge in [0.25, 0.3) is 0 Å². The lowest BCUT2D eigenvalue weighted by Gasteiger charge is -2.50. The number of rotatable bonds is 3. The number of sulfone groups is 1. The normalized spacial score (nSPS) is 25.9. The van der Waals surface area contributed by atoms with Crippen molar-refractivity contribution in [2.24, 2.45) is 5.41 Å². The quantitative estimate of drug-likeness (QED) is 0.780. The summed E-state index contributed by atoms with van der Waals surface area (Å²) in [6.07, 6.45) is -0.219. The van der Waals surface area contributed by atoms with Crippen molar-refractivity contribution >= 4 is 21.4 Å². The summed E-state index contributed by atoms with van der Waals surface area (Å²) in [5.41, 5.74) is -1.16. The van der Waals surface area contributed by atoms with Gasteiger partial charge in [0, 0.05) is 10.6 Å². The summed E-state index contributed by atoms with van der Waals surface area (Å²) in [6.45, 7) is 1.61. The molecular weight excluding hydrogens is 368 g/mol. The van der Waals surface area contributed by atoms with E-state index in [1.54, 1.807) is 6.92 Å². The average Bonchev–Trinajstić information content (AvgIpc) is 2.54. The number of hydrogen-bond acceptors (Lipinski definition) is 3. The predicted molar refractivity (Wildman–Crippen MR) is 89.6 cm³/mol. The first-order valence-electron chi connectivity index (χ1n) is 7.51. The van der Waals surface area contributed by atoms with E-state index in [-0.39, 0.29) is 23.3 Å². The second-order valence-electron chi connectivity index (χ2n) is 6.60. The summed E-state index contributed by atoms with van der Waals surface area (Å²) < 4.78 is 53.0. The first kappa shape index (κ1) is 17.8. The molecule has 0 unspecified atom stereocenters. The van der Waals surface area contributed by atoms with Crippen LogP contribution in [0.2, 0.25) is 5.02 Å². The minimum Gasteiger partial charge on any atom is -0.223 e. The molecule has 0 spiro atoms. The van der Waals surface area contributed by atoms with Crippen LogP contribution in [0.5, 0.6) is 0 Å². The van der Waals surface area contributed by atoms with Crippen LogP contribution in [0.3, 0.4) is 0 Å². The van der Waals surface area contributed by atoms with Crippen molar-refractivity contribution in [3.63, 3.8) is 0 Å². The molecule has 7 heteroatoms. The van der Waals surface area contributed by atoms with Gasteiger partial charge in [-0.05, 0) is 62.2 Å². The summed E-state index contributed by atoms with van der Waals surface area (Å²) in [6, 6.07) is 10.3. The largest absolute Gasteiger partial charge is 0.223 e. The third kappa shape index (κ3) is 2.72. The van der Waals surface area contributed by atoms with Crippen LogP contribution in [0, 0.1) is 28.4 Å². The lowest BCUT2D eigenvalue weighted by molar-refractivity contribution is 0.156. The molecule has 130 valence electrons. The van der Waals surface area contributed by atoms with Gasteiger partial charge in [0.15, 0.2) is 9.84 Å². The summed E-state index contributed by atoms with van der Waals surface area (Å²) in [7, 11) is -4.07. The molecule has 2 aromatic carbocycles. The van der Waals surface area contributed by atoms with E-state index in [2.05, 4.69) is 6.07 Å². The Bertz CT molecular complexity index is 975. The van der Waals surface area contributed by atoms with Crippen LogP contribution in [-0.4, -0.2) is 8.42 Å². The fourth-order valence-corrected chi connectivity index (χ4v) is 6.03. The fraction of sp³-hybridized carbons (Fsp3) is 0.278. The van der Waals surface area contributed by atoms with E-state index in [4.69, 9.17) is 11.6 Å². The fourth-order valence-electron chi connectivity index (χ4n) is 3.50. The van der Waals surface area contributed by atoms with Crippen molar-refractivity contribution in [3.05, 3.63) is 64.7 Å². The van der Waals surface area contributed by atoms with E-state index in [9.17, 15) is 22.5 Å². The number of hydrogen-bond donors (Lipinski definition) is 0. The minimum absolute atomic E-state index is 0.0412. The highest BCUT2D eigenvalue weighted by molar-refractivity contribution is 7.92. The highest BCUT2D eigenvalue weighted by Crippen LogP contribution is 2.60. The minimum atomic E-state index is -4.07. The third-order valence-electron chi connectivity index (χ3n) is 4.68. The molecular formula is C18H14ClF2NO2S. The molecule has 0 N–H and O–H groups in total. The van der Waals surface area contributed by atoms with Gasteiger partial charge in [0.1, 0.15) is 16.4 Å². The number of nitriles is 1. The van der Waals surface area contributed by atoms with Crippen molar-refractivity contribution < 1.29 is 17.2 Å². The Hall–Kier alpha value is -1.97. The molecule has 0 bridgehead atoms. The maximum atomic E-state index is 14.4. The van der Waals surface area contributed by atoms with E-state index in [0.29, 0.717) is 5.02 Å². The van der Waals surface area contributed by atoms with Crippen LogP contribution < -0.4 is 0 Å². The smallest absolute Gasteiger partial charge is 0.188 e. The molecule has 2 aromatic rings. The van der Waals surface area contributed by atoms with Crippen molar-refractivity contribution in [1.82, 2.24) is 0 Å². The molecule has 1 aliphatic carbocycles. The van der Waals surface area contributed by atoms with Crippen molar-refractivity contribution in [1.29, 1.82) is 5.26 Å². The molecule has 0 heterocycles. The third-order valence-corrected chi connectivity index (χ3v) is 7.36. The van der Waals surface area contributed by atoms with E-state index >= 15 is 0 Å². The van der Waals surface area contributed by atoms with Gasteiger partial charge in [-0.1, -0.05) is 11.6 Å². The first-order chi connectivity index (χ1) is 11.6. The summed E-state index contributed by atoms with van der Waals surface area (Å²) in [4.78, 5) is -0.0412. The standard InChI is InChI=1S/C18H14ClF2NO2S/c1-17(11-22)9-18(10-17,15-8-13(20)4-7-16(15)21)25(23,24)14-5-2-12(19)3-6-14/h2-8H,9-10H2,1H3/t17-,18+. The molecule has 3 rings (SSSR count). The van der Waals surface area contributed by atoms with Crippen LogP contribution in [0.1, 0.15) is 25.3 Å². The van der Waals surface area contributed by atoms with Crippen molar-refractivity contribution in [2.45, 2.75) is 29.4 Å². The van der Waals surface area contributed by atoms with Gasteiger partial charge >= 0.3 is 0 Å². The maximum Gasteiger partial charge on any atom is 0.188 e. The van der Waals surface area contributed by atoms with Crippen LogP contribution >= 0.6 is 11.6 Å². The van der Waals surface area contributed by atoms with Gasteiger partial charge in [0.05, 0.1) is 16.4 Å². The molecule has 0 amide bonds. The molecule has 0 aromatic heterocycles. The zero-order chi connectivity index (χ0) is 18.5. The van der Waals surface area contributed by atoms with Crippen LogP contribution in [0.4, 0.5) is 8.78 Å². The lowest BCUT2D eigenvalue weighted by Crippen LogP contribution is -2.53. The monoisotopic (exact) mass is 381 g/mol. The Morgan fingerprint density at radius 1 is 1.12 bits per heavy atom. The van der Waals surface area contributed by atoms with Gasteiger partial charge < -0.3 is 0 Å². The number of halogens is 3. The van der Waals surface area contributed by atoms with Crippen LogP contribution in [0.25, 0.3) is 0 Å². The molecule has 1 aliphatic rings. The van der Waals surface area contributed by atoms with Crippen LogP contribution in [-0.2, 0) is 14.6 Å². The molecule has 3 nitrogen and oxygen atoms in total. The van der Waals surface area contributed by atoms with Gasteiger partial charge in [-0.15, -0.1) is 0 Å². The molecule has 0 aliphatic heterocycles. The Morgan fingerprint density at radius 2 is 1.72 bits per heavy atom. The Morgan fingerprint density at radius 3 is 2.28 bits per heavy atom. The molecule has 0 atom stereocenters. The van der Waals surface area contributed by atoms with Gasteiger partial charge in [0.2, 0.25) is 0 Å². The van der Waals surface area contributed by atoms with Gasteiger partial charge in [-0.25, -0.2) is 17.2 Å². The number of nitrogens with zero attached hydrogens (tertiary/aromatic N) is 1. The zero-order valence-electron chi connectivity index (χ0n) is 13.3. The number of benzene rings is 2. The SMILES string of the molecule is C[C@]1(C#N)C[C@@](c2cc(F)ccc2F)(S(=O)(=O)c2ccc(Cl)cc2)C1. The Balaban J connectivity index is 2.22. The highest BCUT2D eigenvalue weighted by Gasteiger charge is 2.62. The zero-order valence-corrected chi connectivity index (χ0v) is 14.8. The predicted octanol–water partition coefficient (Wildman–Crippen LogP) is 4.61. The Labute approximate surface area is 149 Å². The van der Waals surface area contributed by atoms with E-state index in [0.717, 1.165) is 18.2 Å². The molecule has 1 saturated carbocycles. The van der Waals surface area contributed by atoms with E-state index < -0.39 is 31.6 Å². The second-order valence-corrected chi connectivity index (χ2v) is 9.30. The van der Waals surface area contributed by atoms with E-state index in [1.165, 1.54) is 24.3 Å². The lowest BCUT2D eigenvalue weighted by atomic mass is 9.61. The topological polar surface area (TPSA) is 57.9 Å². The van der Waals surface area contributed by atoms with Crippen molar-refractivity contribution in [3.8, 4) is 6.07 Å². The molecule has 1 fully saturated rings. The average molecular weight is 382 g/mol. The molecule has 0 radical (unpaired) electrons. The summed E-state index contributed by atoms with van der Waals surface area (Å²) in [5, 5.41) is 9.65. The second kappa shape index (κ2) is 5.79. The first-order valence-corrected chi connectivity index (χ1v) is 9.37. The summed E-state index contributed by atoms with van der Waals surface area (Å²) in [5.74, 6) is -1.54. The molecule has 25 heavy (non-hydrogen) atoms. The highest BCUT2D eigenvalue weighted by atomic mass is 35.5. The van der Waals surface area contributed by atoms with Crippen molar-refractivity contribution in [2.75, 3.05) is 0 Å². The maximum absolute atomic E-state index is 14.4.